The number of hydrogen-bond acceptors (Lipinski definition) is 2. The summed E-state index contributed by atoms with van der Waals surface area (Å²) in [5.41, 5.74) is 2.36. The van der Waals surface area contributed by atoms with E-state index in [0.717, 1.165) is 28.1 Å². The average Bonchev–Trinajstić information content (AvgIpc) is 2.41. The van der Waals surface area contributed by atoms with Crippen LogP contribution in [0, 0.1) is 11.7 Å². The Balaban J connectivity index is 2.48. The van der Waals surface area contributed by atoms with Gasteiger partial charge >= 0.3 is 0 Å². The standard InChI is InChI=1S/C13H17BrFNS/c1-3-16-13-8(2)6-17-7-11-10(13)4-9(15)5-12(11)14/h4-5,8,13,16H,3,6-7H2,1-2H3. The molecule has 0 saturated heterocycles. The number of fused-ring (bicyclic) bond motifs is 1. The van der Waals surface area contributed by atoms with Crippen LogP contribution >= 0.6 is 27.7 Å². The highest BCUT2D eigenvalue weighted by Crippen LogP contribution is 2.38. The molecule has 1 aliphatic rings. The van der Waals surface area contributed by atoms with E-state index in [4.69, 9.17) is 0 Å². The Morgan fingerprint density at radius 1 is 1.53 bits per heavy atom. The van der Waals surface area contributed by atoms with Crippen molar-refractivity contribution in [3.63, 3.8) is 0 Å². The molecular formula is C13H17BrFNS. The lowest BCUT2D eigenvalue weighted by molar-refractivity contribution is 0.426. The third kappa shape index (κ3) is 2.85. The van der Waals surface area contributed by atoms with E-state index in [9.17, 15) is 4.39 Å². The predicted octanol–water partition coefficient (Wildman–Crippen LogP) is 4.12. The molecule has 4 heteroatoms. The SMILES string of the molecule is CCNC1c2cc(F)cc(Br)c2CSCC1C. The van der Waals surface area contributed by atoms with Crippen LogP contribution in [0.3, 0.4) is 0 Å². The Morgan fingerprint density at radius 3 is 3.00 bits per heavy atom. The van der Waals surface area contributed by atoms with E-state index in [1.165, 1.54) is 5.56 Å². The second-order valence-corrected chi connectivity index (χ2v) is 6.37. The molecule has 2 rings (SSSR count). The van der Waals surface area contributed by atoms with Gasteiger partial charge in [-0.25, -0.2) is 4.39 Å². The van der Waals surface area contributed by atoms with Crippen molar-refractivity contribution in [2.45, 2.75) is 25.6 Å². The van der Waals surface area contributed by atoms with Crippen LogP contribution in [0.2, 0.25) is 0 Å². The first-order chi connectivity index (χ1) is 8.13. The molecule has 1 aromatic rings. The van der Waals surface area contributed by atoms with Crippen molar-refractivity contribution in [2.75, 3.05) is 12.3 Å². The molecule has 0 aromatic heterocycles. The number of halogens is 2. The first kappa shape index (κ1) is 13.4. The lowest BCUT2D eigenvalue weighted by atomic mass is 9.92. The van der Waals surface area contributed by atoms with Crippen LogP contribution in [0.1, 0.15) is 31.0 Å². The maximum Gasteiger partial charge on any atom is 0.124 e. The van der Waals surface area contributed by atoms with Gasteiger partial charge in [0.05, 0.1) is 0 Å². The van der Waals surface area contributed by atoms with Crippen LogP contribution in [-0.4, -0.2) is 12.3 Å². The van der Waals surface area contributed by atoms with Gasteiger partial charge in [0.25, 0.3) is 0 Å². The monoisotopic (exact) mass is 317 g/mol. The molecule has 0 spiro atoms. The molecule has 1 nitrogen and oxygen atoms in total. The molecule has 1 aromatic carbocycles. The Kier molecular flexibility index (Phi) is 4.50. The summed E-state index contributed by atoms with van der Waals surface area (Å²) in [6, 6.07) is 3.52. The maximum atomic E-state index is 13.6. The van der Waals surface area contributed by atoms with Crippen molar-refractivity contribution < 1.29 is 4.39 Å². The minimum atomic E-state index is -0.155. The van der Waals surface area contributed by atoms with Gasteiger partial charge in [0, 0.05) is 16.3 Å². The molecule has 2 unspecified atom stereocenters. The van der Waals surface area contributed by atoms with E-state index < -0.39 is 0 Å². The summed E-state index contributed by atoms with van der Waals surface area (Å²) in [5, 5.41) is 3.48. The van der Waals surface area contributed by atoms with Crippen molar-refractivity contribution in [3.05, 3.63) is 33.5 Å². The largest absolute Gasteiger partial charge is 0.310 e. The molecule has 94 valence electrons. The molecule has 17 heavy (non-hydrogen) atoms. The molecule has 0 bridgehead atoms. The van der Waals surface area contributed by atoms with E-state index in [1.54, 1.807) is 12.1 Å². The lowest BCUT2D eigenvalue weighted by Gasteiger charge is -2.24. The highest BCUT2D eigenvalue weighted by molar-refractivity contribution is 9.10. The van der Waals surface area contributed by atoms with Crippen LogP contribution < -0.4 is 5.32 Å². The first-order valence-electron chi connectivity index (χ1n) is 5.92. The normalized spacial score (nSPS) is 24.2. The van der Waals surface area contributed by atoms with Crippen LogP contribution in [0.25, 0.3) is 0 Å². The van der Waals surface area contributed by atoms with Crippen molar-refractivity contribution >= 4 is 27.7 Å². The molecule has 1 N–H and O–H groups in total. The molecule has 0 saturated carbocycles. The van der Waals surface area contributed by atoms with Gasteiger partial charge < -0.3 is 5.32 Å². The molecule has 0 fully saturated rings. The van der Waals surface area contributed by atoms with Gasteiger partial charge in [-0.1, -0.05) is 29.8 Å². The second-order valence-electron chi connectivity index (χ2n) is 4.48. The van der Waals surface area contributed by atoms with E-state index in [1.807, 2.05) is 11.8 Å². The van der Waals surface area contributed by atoms with Gasteiger partial charge in [-0.15, -0.1) is 0 Å². The van der Waals surface area contributed by atoms with Gasteiger partial charge in [0.2, 0.25) is 0 Å². The zero-order chi connectivity index (χ0) is 12.4. The topological polar surface area (TPSA) is 12.0 Å². The maximum absolute atomic E-state index is 13.6. The van der Waals surface area contributed by atoms with Crippen molar-refractivity contribution in [1.29, 1.82) is 0 Å². The smallest absolute Gasteiger partial charge is 0.124 e. The van der Waals surface area contributed by atoms with Gasteiger partial charge in [0.15, 0.2) is 0 Å². The zero-order valence-corrected chi connectivity index (χ0v) is 12.5. The highest BCUT2D eigenvalue weighted by Gasteiger charge is 2.26. The van der Waals surface area contributed by atoms with Crippen molar-refractivity contribution in [1.82, 2.24) is 5.32 Å². The Labute approximate surface area is 115 Å². The Morgan fingerprint density at radius 2 is 2.29 bits per heavy atom. The molecule has 0 radical (unpaired) electrons. The number of hydrogen-bond donors (Lipinski definition) is 1. The summed E-state index contributed by atoms with van der Waals surface area (Å²) in [4.78, 5) is 0. The summed E-state index contributed by atoms with van der Waals surface area (Å²) in [6.45, 7) is 5.24. The van der Waals surface area contributed by atoms with E-state index in [2.05, 4.69) is 35.1 Å². The molecule has 1 aliphatic heterocycles. The number of thioether (sulfide) groups is 1. The third-order valence-corrected chi connectivity index (χ3v) is 5.11. The van der Waals surface area contributed by atoms with Crippen LogP contribution in [-0.2, 0) is 5.75 Å². The molecule has 1 heterocycles. The van der Waals surface area contributed by atoms with Gasteiger partial charge in [-0.3, -0.25) is 0 Å². The fraction of sp³-hybridized carbons (Fsp3) is 0.538. The van der Waals surface area contributed by atoms with Gasteiger partial charge in [0.1, 0.15) is 5.82 Å². The summed E-state index contributed by atoms with van der Waals surface area (Å²) in [5.74, 6) is 2.44. The minimum Gasteiger partial charge on any atom is -0.310 e. The third-order valence-electron chi connectivity index (χ3n) is 3.15. The van der Waals surface area contributed by atoms with Crippen LogP contribution in [0.15, 0.2) is 16.6 Å². The summed E-state index contributed by atoms with van der Waals surface area (Å²) in [6.07, 6.45) is 0. The predicted molar refractivity (Wildman–Crippen MR) is 75.8 cm³/mol. The van der Waals surface area contributed by atoms with Crippen LogP contribution in [0.5, 0.6) is 0 Å². The molecular weight excluding hydrogens is 301 g/mol. The Bertz CT molecular complexity index is 411. The van der Waals surface area contributed by atoms with E-state index in [0.29, 0.717) is 5.92 Å². The fourth-order valence-electron chi connectivity index (χ4n) is 2.33. The first-order valence-corrected chi connectivity index (χ1v) is 7.87. The fourth-order valence-corrected chi connectivity index (χ4v) is 4.32. The Hall–Kier alpha value is -0.0600. The summed E-state index contributed by atoms with van der Waals surface area (Å²) >= 11 is 5.41. The number of nitrogens with one attached hydrogen (secondary N) is 1. The highest BCUT2D eigenvalue weighted by atomic mass is 79.9. The summed E-state index contributed by atoms with van der Waals surface area (Å²) in [7, 11) is 0. The van der Waals surface area contributed by atoms with E-state index >= 15 is 0 Å². The van der Waals surface area contributed by atoms with E-state index in [-0.39, 0.29) is 11.9 Å². The second kappa shape index (κ2) is 5.72. The van der Waals surface area contributed by atoms with Crippen molar-refractivity contribution in [3.8, 4) is 0 Å². The van der Waals surface area contributed by atoms with Gasteiger partial charge in [-0.2, -0.15) is 11.8 Å². The number of benzene rings is 1. The quantitative estimate of drug-likeness (QED) is 0.880. The zero-order valence-electron chi connectivity index (χ0n) is 10.1. The van der Waals surface area contributed by atoms with Crippen molar-refractivity contribution in [2.24, 2.45) is 5.92 Å². The molecule has 2 atom stereocenters. The lowest BCUT2D eigenvalue weighted by Crippen LogP contribution is -2.28. The minimum absolute atomic E-state index is 0.155. The summed E-state index contributed by atoms with van der Waals surface area (Å²) < 4.78 is 14.5. The average molecular weight is 318 g/mol. The number of rotatable bonds is 2. The van der Waals surface area contributed by atoms with Crippen LogP contribution in [0.4, 0.5) is 4.39 Å². The van der Waals surface area contributed by atoms with Gasteiger partial charge in [-0.05, 0) is 41.5 Å². The molecule has 0 amide bonds. The molecule has 0 aliphatic carbocycles.